The molecule has 1 fully saturated rings. The maximum Gasteiger partial charge on any atom is 0.407 e. The van der Waals surface area contributed by atoms with Crippen molar-refractivity contribution >= 4 is 56.6 Å². The molecule has 1 unspecified atom stereocenters. The van der Waals surface area contributed by atoms with E-state index in [9.17, 15) is 14.7 Å². The van der Waals surface area contributed by atoms with Gasteiger partial charge in [-0.25, -0.2) is 9.18 Å². The number of nitrogens with zero attached hydrogens (tertiary/aromatic N) is 2. The summed E-state index contributed by atoms with van der Waals surface area (Å²) < 4.78 is 27.5. The van der Waals surface area contributed by atoms with Gasteiger partial charge in [-0.15, -0.1) is 11.3 Å². The van der Waals surface area contributed by atoms with E-state index in [0.717, 1.165) is 39.1 Å². The zero-order valence-corrected chi connectivity index (χ0v) is 26.8. The molecule has 47 heavy (non-hydrogen) atoms. The Kier molecular flexibility index (Phi) is 10.0. The molecule has 0 aliphatic carbocycles. The van der Waals surface area contributed by atoms with E-state index in [1.165, 1.54) is 28.4 Å². The number of fused-ring (bicyclic) bond motifs is 1. The summed E-state index contributed by atoms with van der Waals surface area (Å²) in [5, 5.41) is 15.2. The quantitative estimate of drug-likeness (QED) is 0.130. The van der Waals surface area contributed by atoms with Gasteiger partial charge in [0.1, 0.15) is 5.75 Å². The Balaban J connectivity index is 1.10. The van der Waals surface area contributed by atoms with Crippen LogP contribution in [0.15, 0.2) is 91.1 Å². The number of anilines is 1. The number of rotatable bonds is 10. The standard InChI is InChI=1S/C35H31FN4O5S2/c36-27-18-25(38-34(46)39-32(41)17-22-5-2-1-3-6-22)12-13-29(27)45-30-14-15-37-28-19-31(47-33(28)30)24-10-8-23(9-11-24)20-40(35(42)43)21-26-7-4-16-44-26/h1-3,5-6,8-15,18-19,26H,4,7,16-17,20-21H2,(H,42,43)(H2,38,39,41,46). The molecule has 3 heterocycles. The zero-order chi connectivity index (χ0) is 32.8. The number of hydrogen-bond donors (Lipinski definition) is 3. The molecule has 5 aromatic rings. The van der Waals surface area contributed by atoms with Crippen LogP contribution in [0.5, 0.6) is 11.5 Å². The van der Waals surface area contributed by atoms with E-state index in [1.807, 2.05) is 60.7 Å². The van der Waals surface area contributed by atoms with Crippen LogP contribution in [0.25, 0.3) is 20.7 Å². The molecular weight excluding hydrogens is 640 g/mol. The van der Waals surface area contributed by atoms with Gasteiger partial charge in [-0.3, -0.25) is 9.78 Å². The average molecular weight is 671 g/mol. The lowest BCUT2D eigenvalue weighted by atomic mass is 10.1. The van der Waals surface area contributed by atoms with Gasteiger partial charge in [0.05, 0.1) is 29.3 Å². The number of carbonyl (C=O) groups is 2. The molecule has 1 aliphatic heterocycles. The third-order valence-electron chi connectivity index (χ3n) is 7.58. The first-order valence-corrected chi connectivity index (χ1v) is 16.2. The van der Waals surface area contributed by atoms with Crippen molar-refractivity contribution in [3.63, 3.8) is 0 Å². The Morgan fingerprint density at radius 3 is 2.57 bits per heavy atom. The molecule has 0 spiro atoms. The molecule has 6 rings (SSSR count). The second-order valence-corrected chi connectivity index (χ2v) is 12.5. The number of pyridine rings is 1. The fraction of sp³-hybridized carbons (Fsp3) is 0.200. The molecule has 0 saturated carbocycles. The van der Waals surface area contributed by atoms with Crippen LogP contribution in [0.2, 0.25) is 0 Å². The van der Waals surface area contributed by atoms with Crippen molar-refractivity contribution in [2.75, 3.05) is 18.5 Å². The monoisotopic (exact) mass is 670 g/mol. The highest BCUT2D eigenvalue weighted by Gasteiger charge is 2.22. The van der Waals surface area contributed by atoms with Gasteiger partial charge in [0.2, 0.25) is 5.91 Å². The summed E-state index contributed by atoms with van der Waals surface area (Å²) in [7, 11) is 0. The third-order valence-corrected chi connectivity index (χ3v) is 8.97. The van der Waals surface area contributed by atoms with Crippen molar-refractivity contribution in [3.8, 4) is 21.9 Å². The van der Waals surface area contributed by atoms with E-state index >= 15 is 4.39 Å². The summed E-state index contributed by atoms with van der Waals surface area (Å²) in [6, 6.07) is 25.0. The number of amides is 2. The molecule has 1 atom stereocenters. The van der Waals surface area contributed by atoms with E-state index in [2.05, 4.69) is 15.6 Å². The summed E-state index contributed by atoms with van der Waals surface area (Å²) in [6.07, 6.45) is 2.57. The molecule has 0 bridgehead atoms. The molecule has 3 N–H and O–H groups in total. The van der Waals surface area contributed by atoms with Crippen LogP contribution in [0, 0.1) is 5.82 Å². The molecule has 12 heteroatoms. The number of carboxylic acid groups (broad SMARTS) is 1. The molecular formula is C35H31FN4O5S2. The number of hydrogen-bond acceptors (Lipinski definition) is 7. The minimum Gasteiger partial charge on any atom is -0.465 e. The average Bonchev–Trinajstić information content (AvgIpc) is 3.73. The molecule has 2 aromatic heterocycles. The summed E-state index contributed by atoms with van der Waals surface area (Å²) in [4.78, 5) is 30.9. The van der Waals surface area contributed by atoms with Crippen molar-refractivity contribution in [2.45, 2.75) is 31.9 Å². The Hall–Kier alpha value is -4.91. The fourth-order valence-electron chi connectivity index (χ4n) is 5.27. The van der Waals surface area contributed by atoms with E-state index in [4.69, 9.17) is 21.7 Å². The van der Waals surface area contributed by atoms with Gasteiger partial charge in [0, 0.05) is 42.0 Å². The number of ether oxygens (including phenoxy) is 2. The Morgan fingerprint density at radius 1 is 1.04 bits per heavy atom. The van der Waals surface area contributed by atoms with Gasteiger partial charge >= 0.3 is 6.09 Å². The molecule has 1 saturated heterocycles. The van der Waals surface area contributed by atoms with E-state index in [0.29, 0.717) is 30.1 Å². The van der Waals surface area contributed by atoms with E-state index < -0.39 is 11.9 Å². The van der Waals surface area contributed by atoms with Crippen LogP contribution >= 0.6 is 23.6 Å². The lowest BCUT2D eigenvalue weighted by Gasteiger charge is -2.22. The first-order valence-electron chi connectivity index (χ1n) is 15.0. The van der Waals surface area contributed by atoms with Crippen LogP contribution in [-0.2, 0) is 22.5 Å². The first kappa shape index (κ1) is 32.0. The van der Waals surface area contributed by atoms with Crippen molar-refractivity contribution in [1.29, 1.82) is 0 Å². The summed E-state index contributed by atoms with van der Waals surface area (Å²) >= 11 is 6.70. The van der Waals surface area contributed by atoms with Gasteiger partial charge in [-0.05, 0) is 59.9 Å². The highest BCUT2D eigenvalue weighted by atomic mass is 32.1. The Labute approximate surface area is 280 Å². The molecule has 3 aromatic carbocycles. The van der Waals surface area contributed by atoms with Crippen LogP contribution in [0.3, 0.4) is 0 Å². The molecule has 0 radical (unpaired) electrons. The minimum atomic E-state index is -0.971. The van der Waals surface area contributed by atoms with Crippen LogP contribution in [0.1, 0.15) is 24.0 Å². The van der Waals surface area contributed by atoms with Crippen LogP contribution < -0.4 is 15.4 Å². The number of thiocarbonyl (C=S) groups is 1. The lowest BCUT2D eigenvalue weighted by molar-refractivity contribution is -0.119. The SMILES string of the molecule is O=C(Cc1ccccc1)NC(=S)Nc1ccc(Oc2ccnc3cc(-c4ccc(CN(CC5CCCO5)C(=O)O)cc4)sc23)c(F)c1. The fourth-order valence-corrected chi connectivity index (χ4v) is 6.57. The molecule has 2 amide bonds. The Morgan fingerprint density at radius 2 is 1.85 bits per heavy atom. The van der Waals surface area contributed by atoms with Gasteiger partial charge in [-0.1, -0.05) is 54.6 Å². The largest absolute Gasteiger partial charge is 0.465 e. The summed E-state index contributed by atoms with van der Waals surface area (Å²) in [5.41, 5.74) is 3.74. The van der Waals surface area contributed by atoms with Gasteiger partial charge in [0.25, 0.3) is 0 Å². The summed E-state index contributed by atoms with van der Waals surface area (Å²) in [5.74, 6) is -0.414. The molecule has 1 aliphatic rings. The minimum absolute atomic E-state index is 0.0207. The second-order valence-electron chi connectivity index (χ2n) is 11.0. The molecule has 9 nitrogen and oxygen atoms in total. The maximum absolute atomic E-state index is 15.1. The number of aromatic nitrogens is 1. The topological polar surface area (TPSA) is 113 Å². The smallest absolute Gasteiger partial charge is 0.407 e. The predicted octanol–water partition coefficient (Wildman–Crippen LogP) is 7.61. The van der Waals surface area contributed by atoms with E-state index in [-0.39, 0.29) is 35.8 Å². The maximum atomic E-state index is 15.1. The van der Waals surface area contributed by atoms with Crippen molar-refractivity contribution < 1.29 is 28.6 Å². The van der Waals surface area contributed by atoms with Gasteiger partial charge < -0.3 is 30.1 Å². The van der Waals surface area contributed by atoms with Crippen molar-refractivity contribution in [3.05, 3.63) is 108 Å². The number of benzene rings is 3. The number of thiophene rings is 1. The number of carbonyl (C=O) groups excluding carboxylic acids is 1. The van der Waals surface area contributed by atoms with Crippen molar-refractivity contribution in [2.24, 2.45) is 0 Å². The van der Waals surface area contributed by atoms with Gasteiger partial charge in [0.15, 0.2) is 16.7 Å². The molecule has 240 valence electrons. The highest BCUT2D eigenvalue weighted by Crippen LogP contribution is 2.40. The lowest BCUT2D eigenvalue weighted by Crippen LogP contribution is -2.35. The van der Waals surface area contributed by atoms with Crippen LogP contribution in [-0.4, -0.2) is 51.4 Å². The number of halogens is 1. The first-order chi connectivity index (χ1) is 22.8. The van der Waals surface area contributed by atoms with Crippen molar-refractivity contribution in [1.82, 2.24) is 15.2 Å². The predicted molar refractivity (Wildman–Crippen MR) is 183 cm³/mol. The highest BCUT2D eigenvalue weighted by molar-refractivity contribution is 7.80. The Bertz CT molecular complexity index is 1900. The second kappa shape index (κ2) is 14.7. The summed E-state index contributed by atoms with van der Waals surface area (Å²) in [6.45, 7) is 1.30. The normalized spacial score (nSPS) is 14.1. The van der Waals surface area contributed by atoms with Crippen LogP contribution in [0.4, 0.5) is 14.9 Å². The van der Waals surface area contributed by atoms with Gasteiger partial charge in [-0.2, -0.15) is 0 Å². The third kappa shape index (κ3) is 8.28. The number of nitrogens with one attached hydrogen (secondary N) is 2. The zero-order valence-electron chi connectivity index (χ0n) is 25.1. The van der Waals surface area contributed by atoms with E-state index in [1.54, 1.807) is 18.3 Å².